The first-order valence-corrected chi connectivity index (χ1v) is 13.0. The van der Waals surface area contributed by atoms with Crippen molar-refractivity contribution in [1.82, 2.24) is 0 Å². The van der Waals surface area contributed by atoms with E-state index in [9.17, 15) is 24.0 Å². The minimum Gasteiger partial charge on any atom is -0.462 e. The molecule has 2 rings (SSSR count). The van der Waals surface area contributed by atoms with Crippen LogP contribution in [0.4, 0.5) is 16.2 Å². The Hall–Kier alpha value is -5.21. The van der Waals surface area contributed by atoms with Gasteiger partial charge in [-0.2, -0.15) is 4.99 Å². The van der Waals surface area contributed by atoms with Crippen LogP contribution in [0.15, 0.2) is 41.4 Å². The summed E-state index contributed by atoms with van der Waals surface area (Å²) < 4.78 is 24.8. The molecule has 0 unspecified atom stereocenters. The quantitative estimate of drug-likeness (QED) is 0.0752. The molecular formula is C29H31N3O10. The van der Waals surface area contributed by atoms with E-state index in [0.29, 0.717) is 35.5 Å². The van der Waals surface area contributed by atoms with E-state index < -0.39 is 24.0 Å². The third-order valence-electron chi connectivity index (χ3n) is 5.58. The maximum Gasteiger partial charge on any atom is 0.411 e. The first-order chi connectivity index (χ1) is 20.2. The highest BCUT2D eigenvalue weighted by atomic mass is 16.6. The molecule has 0 atom stereocenters. The molecule has 0 aliphatic heterocycles. The lowest BCUT2D eigenvalue weighted by atomic mass is 10.1. The van der Waals surface area contributed by atoms with Crippen molar-refractivity contribution in [1.29, 1.82) is 5.26 Å². The summed E-state index contributed by atoms with van der Waals surface area (Å²) in [4.78, 5) is 61.5. The number of rotatable bonds is 16. The predicted octanol–water partition coefficient (Wildman–Crippen LogP) is 4.11. The molecule has 0 saturated heterocycles. The molecule has 0 aliphatic carbocycles. The topological polar surface area (TPSA) is 180 Å². The first-order valence-electron chi connectivity index (χ1n) is 13.0. The van der Waals surface area contributed by atoms with Gasteiger partial charge in [0.05, 0.1) is 12.1 Å². The summed E-state index contributed by atoms with van der Waals surface area (Å²) in [6.07, 6.45) is 3.16. The summed E-state index contributed by atoms with van der Waals surface area (Å²) in [5.74, 6) is -1.22. The number of esters is 3. The van der Waals surface area contributed by atoms with Gasteiger partial charge in [-0.05, 0) is 55.5 Å². The number of unbranched alkanes of at least 4 members (excludes halogenated alkanes) is 1. The maximum atomic E-state index is 12.0. The monoisotopic (exact) mass is 581 g/mol. The van der Waals surface area contributed by atoms with Crippen molar-refractivity contribution >= 4 is 41.5 Å². The smallest absolute Gasteiger partial charge is 0.411 e. The summed E-state index contributed by atoms with van der Waals surface area (Å²) in [7, 11) is 0. The standard InChI is InChI=1S/C29H31N3O10/c1-20-7-9-22(15-24(20)31-19-33)16-28(36)40-12-11-38-26(34)5-3-4-6-27(35)39-13-14-41-29(37)32-23-10-8-21(2)25(17-23)42-18-30/h7-10,15,17H,3-6,11-14,16H2,1-2H3,(H,32,37). The van der Waals surface area contributed by atoms with Crippen LogP contribution in [0.3, 0.4) is 0 Å². The normalized spacial score (nSPS) is 9.93. The molecule has 0 aromatic heterocycles. The molecule has 2 aromatic carbocycles. The maximum absolute atomic E-state index is 12.0. The molecule has 13 nitrogen and oxygen atoms in total. The molecule has 0 radical (unpaired) electrons. The lowest BCUT2D eigenvalue weighted by molar-refractivity contribution is -0.152. The predicted molar refractivity (Wildman–Crippen MR) is 146 cm³/mol. The van der Waals surface area contributed by atoms with Gasteiger partial charge in [-0.1, -0.05) is 18.2 Å². The van der Waals surface area contributed by atoms with Crippen LogP contribution >= 0.6 is 0 Å². The minimum absolute atomic E-state index is 0.0285. The van der Waals surface area contributed by atoms with Gasteiger partial charge in [-0.15, -0.1) is 5.26 Å². The zero-order valence-corrected chi connectivity index (χ0v) is 23.3. The number of nitrogens with zero attached hydrogens (tertiary/aromatic N) is 2. The minimum atomic E-state index is -0.766. The number of nitriles is 1. The molecule has 0 fully saturated rings. The molecular weight excluding hydrogens is 550 g/mol. The summed E-state index contributed by atoms with van der Waals surface area (Å²) in [6, 6.07) is 9.81. The van der Waals surface area contributed by atoms with Gasteiger partial charge in [0.1, 0.15) is 32.2 Å². The fraction of sp³-hybridized carbons (Fsp3) is 0.379. The number of aryl methyl sites for hydroxylation is 2. The second kappa shape index (κ2) is 18.2. The van der Waals surface area contributed by atoms with Crippen LogP contribution in [0.25, 0.3) is 0 Å². The van der Waals surface area contributed by atoms with Crippen molar-refractivity contribution in [3.8, 4) is 12.0 Å². The number of hydrogen-bond donors (Lipinski definition) is 1. The summed E-state index contributed by atoms with van der Waals surface area (Å²) in [5.41, 5.74) is 2.91. The Morgan fingerprint density at radius 3 is 2.02 bits per heavy atom. The number of ether oxygens (including phenoxy) is 5. The van der Waals surface area contributed by atoms with Crippen LogP contribution in [-0.4, -0.2) is 56.5 Å². The Morgan fingerprint density at radius 2 is 1.40 bits per heavy atom. The van der Waals surface area contributed by atoms with E-state index in [1.807, 2.05) is 0 Å². The summed E-state index contributed by atoms with van der Waals surface area (Å²) in [6.45, 7) is 3.01. The van der Waals surface area contributed by atoms with Crippen LogP contribution in [0.5, 0.6) is 5.75 Å². The fourth-order valence-corrected chi connectivity index (χ4v) is 3.43. The first kappa shape index (κ1) is 33.0. The zero-order chi connectivity index (χ0) is 30.7. The highest BCUT2D eigenvalue weighted by Crippen LogP contribution is 2.22. The number of carbonyl (C=O) groups is 4. The molecule has 0 saturated carbocycles. The summed E-state index contributed by atoms with van der Waals surface area (Å²) >= 11 is 0. The van der Waals surface area contributed by atoms with Gasteiger partial charge in [0, 0.05) is 24.6 Å². The van der Waals surface area contributed by atoms with E-state index >= 15 is 0 Å². The van der Waals surface area contributed by atoms with E-state index in [1.54, 1.807) is 50.4 Å². The van der Waals surface area contributed by atoms with E-state index in [1.165, 1.54) is 12.1 Å². The van der Waals surface area contributed by atoms with Crippen molar-refractivity contribution in [3.05, 3.63) is 53.1 Å². The number of benzene rings is 2. The Kier molecular flexibility index (Phi) is 14.3. The Morgan fingerprint density at radius 1 is 0.810 bits per heavy atom. The third kappa shape index (κ3) is 12.8. The third-order valence-corrected chi connectivity index (χ3v) is 5.58. The fourth-order valence-electron chi connectivity index (χ4n) is 3.43. The molecule has 13 heteroatoms. The van der Waals surface area contributed by atoms with Gasteiger partial charge in [0.2, 0.25) is 6.08 Å². The number of aliphatic imine (C=N–C) groups is 1. The number of amides is 1. The molecule has 0 heterocycles. The van der Waals surface area contributed by atoms with Crippen LogP contribution < -0.4 is 10.1 Å². The van der Waals surface area contributed by atoms with Crippen molar-refractivity contribution in [3.63, 3.8) is 0 Å². The second-order valence-corrected chi connectivity index (χ2v) is 8.80. The number of hydrogen-bond acceptors (Lipinski definition) is 12. The van der Waals surface area contributed by atoms with Crippen molar-refractivity contribution in [2.75, 3.05) is 31.7 Å². The number of carbonyl (C=O) groups excluding carboxylic acids is 5. The number of nitrogens with one attached hydrogen (secondary N) is 1. The van der Waals surface area contributed by atoms with Gasteiger partial charge in [-0.3, -0.25) is 19.7 Å². The molecule has 222 valence electrons. The highest BCUT2D eigenvalue weighted by Gasteiger charge is 2.11. The molecule has 42 heavy (non-hydrogen) atoms. The van der Waals surface area contributed by atoms with Crippen molar-refractivity contribution in [2.24, 2.45) is 4.99 Å². The van der Waals surface area contributed by atoms with E-state index in [2.05, 4.69) is 10.3 Å². The van der Waals surface area contributed by atoms with Gasteiger partial charge in [0.15, 0.2) is 0 Å². The summed E-state index contributed by atoms with van der Waals surface area (Å²) in [5, 5.41) is 11.1. The van der Waals surface area contributed by atoms with Crippen LogP contribution in [-0.2, 0) is 44.5 Å². The lowest BCUT2D eigenvalue weighted by Gasteiger charge is -2.09. The van der Waals surface area contributed by atoms with Gasteiger partial charge in [-0.25, -0.2) is 9.59 Å². The zero-order valence-electron chi connectivity index (χ0n) is 23.3. The Bertz CT molecular complexity index is 1350. The van der Waals surface area contributed by atoms with E-state index in [-0.39, 0.29) is 45.7 Å². The van der Waals surface area contributed by atoms with Crippen molar-refractivity contribution < 1.29 is 47.7 Å². The van der Waals surface area contributed by atoms with Gasteiger partial charge < -0.3 is 23.7 Å². The largest absolute Gasteiger partial charge is 0.462 e. The lowest BCUT2D eigenvalue weighted by Crippen LogP contribution is -2.18. The average molecular weight is 582 g/mol. The van der Waals surface area contributed by atoms with Gasteiger partial charge in [0.25, 0.3) is 6.26 Å². The Labute approximate surface area is 242 Å². The van der Waals surface area contributed by atoms with Crippen molar-refractivity contribution in [2.45, 2.75) is 46.0 Å². The SMILES string of the molecule is Cc1ccc(CC(=O)OCCOC(=O)CCCCC(=O)OCCOC(=O)Nc2ccc(C)c(OC#N)c2)cc1N=C=O. The molecule has 1 amide bonds. The molecule has 2 aromatic rings. The highest BCUT2D eigenvalue weighted by molar-refractivity contribution is 5.85. The van der Waals surface area contributed by atoms with Crippen LogP contribution in [0.1, 0.15) is 42.4 Å². The van der Waals surface area contributed by atoms with Gasteiger partial charge >= 0.3 is 24.0 Å². The number of isocyanates is 1. The van der Waals surface area contributed by atoms with Crippen LogP contribution in [0.2, 0.25) is 0 Å². The van der Waals surface area contributed by atoms with E-state index in [0.717, 1.165) is 11.1 Å². The van der Waals surface area contributed by atoms with Crippen LogP contribution in [0, 0.1) is 25.4 Å². The molecule has 0 spiro atoms. The second-order valence-electron chi connectivity index (χ2n) is 8.80. The average Bonchev–Trinajstić information content (AvgIpc) is 2.95. The molecule has 1 N–H and O–H groups in total. The molecule has 0 bridgehead atoms. The Balaban J connectivity index is 1.50. The van der Waals surface area contributed by atoms with E-state index in [4.69, 9.17) is 28.9 Å². The molecule has 0 aliphatic rings. The number of anilines is 1.